The van der Waals surface area contributed by atoms with Gasteiger partial charge in [-0.1, -0.05) is 97.1 Å². The number of carbonyl (C=O) groups excluding carboxylic acids is 4. The van der Waals surface area contributed by atoms with Crippen LogP contribution in [0.3, 0.4) is 0 Å². The number of nitrogens with zero attached hydrogens (tertiary/aromatic N) is 1. The molecule has 2 heterocycles. The number of fused-ring (bicyclic) bond motifs is 2. The molecule has 2 aliphatic rings. The van der Waals surface area contributed by atoms with Gasteiger partial charge in [0.25, 0.3) is 5.91 Å². The Kier molecular flexibility index (Phi) is 10.8. The van der Waals surface area contributed by atoms with Gasteiger partial charge < -0.3 is 25.4 Å². The van der Waals surface area contributed by atoms with Crippen molar-refractivity contribution in [3.05, 3.63) is 126 Å². The van der Waals surface area contributed by atoms with Crippen molar-refractivity contribution in [2.75, 3.05) is 18.5 Å². The van der Waals surface area contributed by atoms with E-state index in [1.807, 2.05) is 103 Å². The number of carbonyl (C=O) groups is 4. The van der Waals surface area contributed by atoms with Gasteiger partial charge in [-0.05, 0) is 65.3 Å². The molecule has 9 heteroatoms. The molecular weight excluding hydrogens is 618 g/mol. The standard InChI is InChI=1S/C40H41N3O6/c44-25-35-22-30-14-6-9-17-33(30)24-43(35)37(45)23-31-15-7-8-16-32(20-27-10-2-1-3-11-27)40(48)49-26-36(42-38(31)46)39(47)41-34-19-18-28-12-4-5-13-29(28)21-34/h1-14,17-19,21,31-32,35-36,44H,15-16,20,22-26H2,(H,41,47)(H,42,46)/t31-,32-,35+,36+/m1/s1. The highest BCUT2D eigenvalue weighted by atomic mass is 16.5. The molecule has 3 N–H and O–H groups in total. The molecule has 0 radical (unpaired) electrons. The van der Waals surface area contributed by atoms with Gasteiger partial charge in [-0.15, -0.1) is 0 Å². The topological polar surface area (TPSA) is 125 Å². The first kappa shape index (κ1) is 33.6. The molecule has 6 rings (SSSR count). The number of hydrogen-bond acceptors (Lipinski definition) is 6. The highest BCUT2D eigenvalue weighted by Gasteiger charge is 2.34. The number of benzene rings is 4. The summed E-state index contributed by atoms with van der Waals surface area (Å²) in [4.78, 5) is 56.3. The summed E-state index contributed by atoms with van der Waals surface area (Å²) >= 11 is 0. The molecule has 0 bridgehead atoms. The largest absolute Gasteiger partial charge is 0.463 e. The Hall–Kier alpha value is -5.28. The molecule has 0 fully saturated rings. The fraction of sp³-hybridized carbons (Fsp3) is 0.300. The first-order chi connectivity index (χ1) is 23.9. The van der Waals surface area contributed by atoms with Crippen LogP contribution in [0.25, 0.3) is 10.8 Å². The Bertz CT molecular complexity index is 1840. The van der Waals surface area contributed by atoms with Crippen molar-refractivity contribution < 1.29 is 29.0 Å². The smallest absolute Gasteiger partial charge is 0.309 e. The molecule has 0 aliphatic carbocycles. The summed E-state index contributed by atoms with van der Waals surface area (Å²) in [6.45, 7) is -0.213. The van der Waals surface area contributed by atoms with Crippen molar-refractivity contribution in [1.82, 2.24) is 10.2 Å². The predicted molar refractivity (Wildman–Crippen MR) is 187 cm³/mol. The maximum Gasteiger partial charge on any atom is 0.309 e. The van der Waals surface area contributed by atoms with Gasteiger partial charge in [-0.3, -0.25) is 19.2 Å². The van der Waals surface area contributed by atoms with Crippen LogP contribution in [-0.4, -0.2) is 59.0 Å². The average Bonchev–Trinajstić information content (AvgIpc) is 3.12. The van der Waals surface area contributed by atoms with Gasteiger partial charge in [0.2, 0.25) is 11.8 Å². The van der Waals surface area contributed by atoms with Crippen molar-refractivity contribution in [2.45, 2.75) is 50.7 Å². The van der Waals surface area contributed by atoms with Crippen LogP contribution in [-0.2, 0) is 43.3 Å². The summed E-state index contributed by atoms with van der Waals surface area (Å²) < 4.78 is 5.71. The van der Waals surface area contributed by atoms with E-state index in [1.165, 1.54) is 0 Å². The molecule has 4 aromatic rings. The zero-order valence-electron chi connectivity index (χ0n) is 27.3. The zero-order valence-corrected chi connectivity index (χ0v) is 27.3. The van der Waals surface area contributed by atoms with E-state index in [2.05, 4.69) is 10.6 Å². The number of cyclic esters (lactones) is 1. The second-order valence-electron chi connectivity index (χ2n) is 12.8. The Morgan fingerprint density at radius 3 is 2.31 bits per heavy atom. The molecule has 9 nitrogen and oxygen atoms in total. The minimum atomic E-state index is -1.20. The highest BCUT2D eigenvalue weighted by Crippen LogP contribution is 2.26. The molecule has 0 aromatic heterocycles. The van der Waals surface area contributed by atoms with Crippen LogP contribution in [0.4, 0.5) is 5.69 Å². The Balaban J connectivity index is 1.23. The number of rotatable bonds is 7. The fourth-order valence-corrected chi connectivity index (χ4v) is 6.59. The van der Waals surface area contributed by atoms with Gasteiger partial charge >= 0.3 is 5.97 Å². The third-order valence-corrected chi connectivity index (χ3v) is 9.39. The van der Waals surface area contributed by atoms with Crippen LogP contribution in [0.2, 0.25) is 0 Å². The van der Waals surface area contributed by atoms with Gasteiger partial charge in [0.1, 0.15) is 12.6 Å². The average molecular weight is 660 g/mol. The maximum absolute atomic E-state index is 13.8. The number of amides is 3. The van der Waals surface area contributed by atoms with Gasteiger partial charge in [-0.2, -0.15) is 0 Å². The first-order valence-corrected chi connectivity index (χ1v) is 16.8. The maximum atomic E-state index is 13.8. The molecule has 0 spiro atoms. The monoisotopic (exact) mass is 659 g/mol. The van der Waals surface area contributed by atoms with E-state index in [1.54, 1.807) is 11.0 Å². The van der Waals surface area contributed by atoms with Crippen LogP contribution in [0.1, 0.15) is 36.0 Å². The van der Waals surface area contributed by atoms with E-state index < -0.39 is 41.7 Å². The molecule has 4 atom stereocenters. The molecule has 2 aliphatic heterocycles. The number of allylic oxidation sites excluding steroid dienone is 2. The van der Waals surface area contributed by atoms with E-state index in [9.17, 15) is 24.3 Å². The van der Waals surface area contributed by atoms with Crippen LogP contribution in [0.5, 0.6) is 0 Å². The minimum absolute atomic E-state index is 0.110. The normalized spacial score (nSPS) is 21.4. The zero-order chi connectivity index (χ0) is 34.2. The van der Waals surface area contributed by atoms with Crippen molar-refractivity contribution in [1.29, 1.82) is 0 Å². The number of aliphatic hydroxyl groups is 1. The summed E-state index contributed by atoms with van der Waals surface area (Å²) in [5.41, 5.74) is 3.62. The van der Waals surface area contributed by atoms with Crippen molar-refractivity contribution in [2.24, 2.45) is 11.8 Å². The van der Waals surface area contributed by atoms with E-state index in [0.717, 1.165) is 27.5 Å². The quantitative estimate of drug-likeness (QED) is 0.190. The number of ether oxygens (including phenoxy) is 1. The Morgan fingerprint density at radius 1 is 0.837 bits per heavy atom. The van der Waals surface area contributed by atoms with E-state index in [-0.39, 0.29) is 32.0 Å². The molecule has 4 aromatic carbocycles. The lowest BCUT2D eigenvalue weighted by Gasteiger charge is -2.36. The lowest BCUT2D eigenvalue weighted by Crippen LogP contribution is -2.51. The Morgan fingerprint density at radius 2 is 1.53 bits per heavy atom. The lowest BCUT2D eigenvalue weighted by atomic mass is 9.92. The predicted octanol–water partition coefficient (Wildman–Crippen LogP) is 4.97. The summed E-state index contributed by atoms with van der Waals surface area (Å²) in [5, 5.41) is 17.8. The van der Waals surface area contributed by atoms with Gasteiger partial charge in [0, 0.05) is 18.7 Å². The first-order valence-electron chi connectivity index (χ1n) is 16.8. The fourth-order valence-electron chi connectivity index (χ4n) is 6.59. The second kappa shape index (κ2) is 15.7. The summed E-state index contributed by atoms with van der Waals surface area (Å²) in [6.07, 6.45) is 5.16. The molecule has 0 saturated heterocycles. The van der Waals surface area contributed by atoms with Crippen LogP contribution < -0.4 is 10.6 Å². The minimum Gasteiger partial charge on any atom is -0.463 e. The third-order valence-electron chi connectivity index (χ3n) is 9.39. The van der Waals surface area contributed by atoms with Crippen molar-refractivity contribution >= 4 is 40.2 Å². The molecule has 0 saturated carbocycles. The van der Waals surface area contributed by atoms with E-state index >= 15 is 0 Å². The number of aliphatic hydroxyl groups excluding tert-OH is 1. The molecule has 3 amide bonds. The number of anilines is 1. The number of esters is 1. The van der Waals surface area contributed by atoms with Crippen LogP contribution in [0.15, 0.2) is 109 Å². The number of nitrogens with one attached hydrogen (secondary N) is 2. The molecule has 252 valence electrons. The summed E-state index contributed by atoms with van der Waals surface area (Å²) in [5.74, 6) is -3.04. The van der Waals surface area contributed by atoms with Gasteiger partial charge in [-0.25, -0.2) is 0 Å². The van der Waals surface area contributed by atoms with Crippen molar-refractivity contribution in [3.8, 4) is 0 Å². The van der Waals surface area contributed by atoms with Crippen LogP contribution >= 0.6 is 0 Å². The third kappa shape index (κ3) is 8.42. The van der Waals surface area contributed by atoms with E-state index in [0.29, 0.717) is 31.5 Å². The second-order valence-corrected chi connectivity index (χ2v) is 12.8. The lowest BCUT2D eigenvalue weighted by molar-refractivity contribution is -0.150. The van der Waals surface area contributed by atoms with E-state index in [4.69, 9.17) is 4.74 Å². The summed E-state index contributed by atoms with van der Waals surface area (Å²) in [7, 11) is 0. The molecule has 49 heavy (non-hydrogen) atoms. The molecule has 0 unspecified atom stereocenters. The highest BCUT2D eigenvalue weighted by molar-refractivity contribution is 6.00. The van der Waals surface area contributed by atoms with Crippen LogP contribution in [0, 0.1) is 11.8 Å². The molecular formula is C40H41N3O6. The SMILES string of the molecule is O=C1N[C@H](C(=O)Nc2ccc3ccccc3c2)COC(=O)[C@@H](Cc2ccccc2)CC=CC[C@@H]1CC(=O)N1Cc2ccccc2C[C@H]1CO. The summed E-state index contributed by atoms with van der Waals surface area (Å²) in [6, 6.07) is 29.2. The van der Waals surface area contributed by atoms with Gasteiger partial charge in [0.05, 0.1) is 24.5 Å². The van der Waals surface area contributed by atoms with Crippen molar-refractivity contribution in [3.63, 3.8) is 0 Å². The Labute approximate surface area is 286 Å². The van der Waals surface area contributed by atoms with Gasteiger partial charge in [0.15, 0.2) is 0 Å². The number of hydrogen-bond donors (Lipinski definition) is 3.